The van der Waals surface area contributed by atoms with Crippen LogP contribution in [0.25, 0.3) is 11.3 Å². The summed E-state index contributed by atoms with van der Waals surface area (Å²) in [6, 6.07) is 7.56. The minimum Gasteiger partial charge on any atom is -0.496 e. The van der Waals surface area contributed by atoms with Crippen LogP contribution in [0.4, 0.5) is 8.78 Å². The molecule has 3 nitrogen and oxygen atoms in total. The fourth-order valence-corrected chi connectivity index (χ4v) is 1.73. The van der Waals surface area contributed by atoms with Crippen LogP contribution in [-0.2, 0) is 0 Å². The molecule has 0 aliphatic carbocycles. The van der Waals surface area contributed by atoms with Crippen molar-refractivity contribution in [2.24, 2.45) is 0 Å². The van der Waals surface area contributed by atoms with Crippen molar-refractivity contribution in [1.82, 2.24) is 4.98 Å². The smallest absolute Gasteiger partial charge is 0.204 e. The third-order valence-corrected chi connectivity index (χ3v) is 2.57. The van der Waals surface area contributed by atoms with E-state index in [1.165, 1.54) is 31.5 Å². The largest absolute Gasteiger partial charge is 0.496 e. The van der Waals surface area contributed by atoms with Gasteiger partial charge in [-0.3, -0.25) is 4.98 Å². The summed E-state index contributed by atoms with van der Waals surface area (Å²) in [5.41, 5.74) is 1.03. The van der Waals surface area contributed by atoms with Gasteiger partial charge in [-0.15, -0.1) is 0 Å². The highest BCUT2D eigenvalue weighted by Gasteiger charge is 2.13. The van der Waals surface area contributed by atoms with Gasteiger partial charge < -0.3 is 9.84 Å². The maximum Gasteiger partial charge on any atom is 0.204 e. The van der Waals surface area contributed by atoms with Crippen LogP contribution in [0.2, 0.25) is 0 Å². The molecule has 0 saturated carbocycles. The highest BCUT2D eigenvalue weighted by molar-refractivity contribution is 5.67. The molecule has 1 aromatic carbocycles. The van der Waals surface area contributed by atoms with Crippen molar-refractivity contribution >= 4 is 0 Å². The Hall–Kier alpha value is -2.01. The third-order valence-electron chi connectivity index (χ3n) is 2.57. The molecule has 0 aliphatic heterocycles. The van der Waals surface area contributed by atoms with Gasteiger partial charge in [0.15, 0.2) is 0 Å². The van der Waals surface area contributed by atoms with Crippen molar-refractivity contribution < 1.29 is 18.6 Å². The van der Waals surface area contributed by atoms with Gasteiger partial charge in [-0.25, -0.2) is 8.78 Å². The van der Waals surface area contributed by atoms with Crippen molar-refractivity contribution in [3.63, 3.8) is 0 Å². The molecule has 0 aliphatic rings. The second-order valence-corrected chi connectivity index (χ2v) is 3.83. The third kappa shape index (κ3) is 3.06. The van der Waals surface area contributed by atoms with Crippen molar-refractivity contribution in [2.75, 3.05) is 7.11 Å². The van der Waals surface area contributed by atoms with Gasteiger partial charge in [0.25, 0.3) is 0 Å². The molecule has 1 aromatic heterocycles. The molecule has 99 valence electrons. The number of pyridine rings is 1. The Balaban J connectivity index is 2.37. The lowest BCUT2D eigenvalue weighted by atomic mass is 10.1. The number of hydrogen-bond donors (Lipinski definition) is 1. The molecule has 2 aromatic rings. The first-order chi connectivity index (χ1) is 9.11. The Morgan fingerprint density at radius 2 is 2.11 bits per heavy atom. The molecule has 2 rings (SSSR count). The molecule has 1 N–H and O–H groups in total. The highest BCUT2D eigenvalue weighted by atomic mass is 19.1. The lowest BCUT2D eigenvalue weighted by Crippen LogP contribution is -2.00. The van der Waals surface area contributed by atoms with Crippen molar-refractivity contribution in [3.05, 3.63) is 54.3 Å². The maximum absolute atomic E-state index is 13.8. The summed E-state index contributed by atoms with van der Waals surface area (Å²) in [6.07, 6.45) is 0.301. The van der Waals surface area contributed by atoms with Crippen LogP contribution in [0, 0.1) is 12.2 Å². The first kappa shape index (κ1) is 13.4. The van der Waals surface area contributed by atoms with Gasteiger partial charge in [-0.2, -0.15) is 0 Å². The normalized spacial score (nSPS) is 12.2. The van der Waals surface area contributed by atoms with Crippen LogP contribution in [0.1, 0.15) is 5.56 Å². The molecule has 5 heteroatoms. The number of rotatable bonds is 4. The molecule has 0 saturated heterocycles. The van der Waals surface area contributed by atoms with Gasteiger partial charge in [0, 0.05) is 6.20 Å². The van der Waals surface area contributed by atoms with Crippen molar-refractivity contribution in [2.45, 2.75) is 6.36 Å². The summed E-state index contributed by atoms with van der Waals surface area (Å²) in [6.45, 7) is 0. The Kier molecular flexibility index (Phi) is 4.06. The lowest BCUT2D eigenvalue weighted by Gasteiger charge is -2.09. The van der Waals surface area contributed by atoms with E-state index in [-0.39, 0.29) is 5.56 Å². The molecule has 19 heavy (non-hydrogen) atoms. The van der Waals surface area contributed by atoms with Crippen LogP contribution < -0.4 is 4.74 Å². The predicted molar refractivity (Wildman–Crippen MR) is 66.7 cm³/mol. The summed E-state index contributed by atoms with van der Waals surface area (Å²) in [5.74, 6) is -0.0798. The molecule has 0 bridgehead atoms. The van der Waals surface area contributed by atoms with Gasteiger partial charge in [0.2, 0.25) is 6.36 Å². The number of benzene rings is 1. The van der Waals surface area contributed by atoms with Gasteiger partial charge in [0.1, 0.15) is 11.6 Å². The van der Waals surface area contributed by atoms with Gasteiger partial charge in [-0.05, 0) is 23.8 Å². The Labute approximate surface area is 109 Å². The molecular weight excluding hydrogens is 252 g/mol. The van der Waals surface area contributed by atoms with Gasteiger partial charge >= 0.3 is 0 Å². The zero-order valence-electron chi connectivity index (χ0n) is 10.2. The van der Waals surface area contributed by atoms with Crippen molar-refractivity contribution in [3.8, 4) is 17.0 Å². The molecule has 1 heterocycles. The fourth-order valence-electron chi connectivity index (χ4n) is 1.73. The molecule has 1 atom stereocenters. The predicted octanol–water partition coefficient (Wildman–Crippen LogP) is 2.74. The zero-order valence-corrected chi connectivity index (χ0v) is 10.2. The fraction of sp³-hybridized carbons (Fsp3) is 0.143. The second-order valence-electron chi connectivity index (χ2n) is 3.83. The Bertz CT molecular complexity index is 556. The summed E-state index contributed by atoms with van der Waals surface area (Å²) < 4.78 is 31.3. The van der Waals surface area contributed by atoms with E-state index in [1.54, 1.807) is 12.1 Å². The number of nitrogens with zero attached hydrogens (tertiary/aromatic N) is 1. The minimum absolute atomic E-state index is 0.248. The zero-order chi connectivity index (χ0) is 13.8. The van der Waals surface area contributed by atoms with E-state index in [0.717, 1.165) is 6.42 Å². The van der Waals surface area contributed by atoms with E-state index < -0.39 is 12.2 Å². The van der Waals surface area contributed by atoms with Gasteiger partial charge in [0.05, 0.1) is 24.8 Å². The topological polar surface area (TPSA) is 42.4 Å². The van der Waals surface area contributed by atoms with Crippen LogP contribution >= 0.6 is 0 Å². The maximum atomic E-state index is 13.8. The Morgan fingerprint density at radius 1 is 1.32 bits per heavy atom. The van der Waals surface area contributed by atoms with Crippen LogP contribution in [0.5, 0.6) is 5.75 Å². The Morgan fingerprint density at radius 3 is 2.68 bits per heavy atom. The minimum atomic E-state index is -2.05. The average molecular weight is 264 g/mol. The van der Waals surface area contributed by atoms with E-state index in [4.69, 9.17) is 9.84 Å². The SMILES string of the molecule is COc1cccc(F)c1-c1ccc([CH]C(O)F)cn1. The first-order valence-corrected chi connectivity index (χ1v) is 5.57. The second kappa shape index (κ2) is 5.75. The molecule has 0 amide bonds. The number of halogens is 2. The number of aliphatic hydroxyl groups excluding tert-OH is 1. The van der Waals surface area contributed by atoms with Crippen LogP contribution in [-0.4, -0.2) is 23.6 Å². The summed E-state index contributed by atoms with van der Waals surface area (Å²) in [5, 5.41) is 8.59. The standard InChI is InChI=1S/C14H12F2NO2/c1-19-12-4-2-3-10(15)14(12)11-6-5-9(8-17-11)7-13(16)18/h2-8,13,18H,1H3. The average Bonchev–Trinajstić information content (AvgIpc) is 2.39. The monoisotopic (exact) mass is 264 g/mol. The van der Waals surface area contributed by atoms with Gasteiger partial charge in [-0.1, -0.05) is 12.1 Å². The van der Waals surface area contributed by atoms with Crippen molar-refractivity contribution in [1.29, 1.82) is 0 Å². The highest BCUT2D eigenvalue weighted by Crippen LogP contribution is 2.31. The van der Waals surface area contributed by atoms with E-state index in [0.29, 0.717) is 17.0 Å². The molecular formula is C14H12F2NO2. The van der Waals surface area contributed by atoms with Crippen LogP contribution in [0.3, 0.4) is 0 Å². The lowest BCUT2D eigenvalue weighted by molar-refractivity contribution is 0.0759. The summed E-state index contributed by atoms with van der Waals surface area (Å²) >= 11 is 0. The molecule has 1 unspecified atom stereocenters. The number of aromatic nitrogens is 1. The van der Waals surface area contributed by atoms with E-state index in [2.05, 4.69) is 4.98 Å². The number of hydrogen-bond acceptors (Lipinski definition) is 3. The van der Waals surface area contributed by atoms with Crippen LogP contribution in [0.15, 0.2) is 36.5 Å². The van der Waals surface area contributed by atoms with E-state index in [1.807, 2.05) is 0 Å². The summed E-state index contributed by atoms with van der Waals surface area (Å²) in [7, 11) is 1.44. The van der Waals surface area contributed by atoms with E-state index in [9.17, 15) is 8.78 Å². The molecule has 1 radical (unpaired) electrons. The number of methoxy groups -OCH3 is 1. The number of alkyl halides is 1. The summed E-state index contributed by atoms with van der Waals surface area (Å²) in [4.78, 5) is 4.04. The molecule has 0 spiro atoms. The quantitative estimate of drug-likeness (QED) is 0.923. The molecule has 0 fully saturated rings. The first-order valence-electron chi connectivity index (χ1n) is 5.57. The van der Waals surface area contributed by atoms with E-state index >= 15 is 0 Å². The number of ether oxygens (including phenoxy) is 1. The number of aliphatic hydroxyl groups is 1.